The van der Waals surface area contributed by atoms with Gasteiger partial charge in [0.2, 0.25) is 5.91 Å². The summed E-state index contributed by atoms with van der Waals surface area (Å²) >= 11 is 0. The minimum atomic E-state index is -1.73. The lowest BCUT2D eigenvalue weighted by atomic mass is 9.99. The number of likely N-dealkylation sites (tertiary alicyclic amines) is 1. The molecule has 0 aliphatic carbocycles. The van der Waals surface area contributed by atoms with Gasteiger partial charge < -0.3 is 24.6 Å². The smallest absolute Gasteiger partial charge is 0.410 e. The molecule has 3 N–H and O–H groups in total. The van der Waals surface area contributed by atoms with Crippen molar-refractivity contribution in [2.75, 3.05) is 67.6 Å². The summed E-state index contributed by atoms with van der Waals surface area (Å²) in [4.78, 5) is 60.4. The second kappa shape index (κ2) is 18.6. The zero-order chi connectivity index (χ0) is 38.2. The summed E-state index contributed by atoms with van der Waals surface area (Å²) in [5.41, 5.74) is 43.2. The van der Waals surface area contributed by atoms with Gasteiger partial charge in [-0.3, -0.25) is 9.80 Å². The first-order chi connectivity index (χ1) is 25.7. The van der Waals surface area contributed by atoms with E-state index in [1.54, 1.807) is 29.2 Å². The van der Waals surface area contributed by atoms with E-state index in [1.807, 2.05) is 0 Å². The van der Waals surface area contributed by atoms with Crippen LogP contribution >= 0.6 is 0 Å². The van der Waals surface area contributed by atoms with Crippen molar-refractivity contribution < 1.29 is 23.9 Å². The number of rotatable bonds is 16. The Labute approximate surface area is 298 Å². The van der Waals surface area contributed by atoms with Crippen molar-refractivity contribution in [2.24, 2.45) is 31.4 Å². The molecule has 2 aliphatic rings. The van der Waals surface area contributed by atoms with Gasteiger partial charge in [0, 0.05) is 43.7 Å². The maximum absolute atomic E-state index is 13.3. The molecule has 0 unspecified atom stereocenters. The number of carbonyl (C=O) groups excluding carboxylic acids is 3. The zero-order valence-corrected chi connectivity index (χ0v) is 27.8. The Morgan fingerprint density at radius 3 is 2.21 bits per heavy atom. The Morgan fingerprint density at radius 1 is 0.943 bits per heavy atom. The summed E-state index contributed by atoms with van der Waals surface area (Å²) in [6, 6.07) is 7.99. The summed E-state index contributed by atoms with van der Waals surface area (Å²) < 4.78 is 10.8. The number of hydrogen-bond acceptors (Lipinski definition) is 14. The number of amides is 2. The number of carbonyl (C=O) groups is 3. The van der Waals surface area contributed by atoms with E-state index in [-0.39, 0.29) is 57.0 Å². The fraction of sp³-hybridized carbons (Fsp3) is 0.481. The van der Waals surface area contributed by atoms with Crippen molar-refractivity contribution in [1.29, 1.82) is 0 Å². The maximum atomic E-state index is 13.3. The predicted molar refractivity (Wildman–Crippen MR) is 186 cm³/mol. The summed E-state index contributed by atoms with van der Waals surface area (Å²) in [6.07, 6.45) is -0.277. The molecule has 4 rings (SSSR count). The predicted octanol–water partition coefficient (Wildman–Crippen LogP) is 5.27. The summed E-state index contributed by atoms with van der Waals surface area (Å²) in [7, 11) is 0. The Bertz CT molecular complexity index is 1890. The van der Waals surface area contributed by atoms with E-state index >= 15 is 0 Å². The van der Waals surface area contributed by atoms with Crippen molar-refractivity contribution in [3.8, 4) is 0 Å². The van der Waals surface area contributed by atoms with Gasteiger partial charge in [-0.2, -0.15) is 0 Å². The number of azide groups is 5. The molecule has 3 heterocycles. The molecule has 0 bridgehead atoms. The number of nitrogens with one attached hydrogen (secondary N) is 1. The van der Waals surface area contributed by atoms with Gasteiger partial charge in [0.25, 0.3) is 0 Å². The molecule has 1 aromatic heterocycles. The lowest BCUT2D eigenvalue weighted by Gasteiger charge is -2.45. The number of nitrogens with two attached hydrogens (primary N) is 1. The van der Waals surface area contributed by atoms with Crippen molar-refractivity contribution in [3.63, 3.8) is 0 Å². The number of fused-ring (bicyclic) bond motifs is 1. The van der Waals surface area contributed by atoms with Crippen LogP contribution in [0.2, 0.25) is 0 Å². The highest BCUT2D eigenvalue weighted by Gasteiger charge is 2.41. The number of aromatic nitrogens is 1. The van der Waals surface area contributed by atoms with Gasteiger partial charge >= 0.3 is 12.1 Å². The van der Waals surface area contributed by atoms with Crippen LogP contribution in [0, 0.1) is 0 Å². The number of hydrazine groups is 1. The van der Waals surface area contributed by atoms with Crippen molar-refractivity contribution >= 4 is 41.0 Å². The van der Waals surface area contributed by atoms with Gasteiger partial charge in [-0.1, -0.05) is 31.6 Å². The van der Waals surface area contributed by atoms with Crippen molar-refractivity contribution in [3.05, 3.63) is 94.2 Å². The largest absolute Gasteiger partial charge is 0.462 e. The molecular weight excluding hydrogens is 698 g/mol. The van der Waals surface area contributed by atoms with Crippen LogP contribution in [0.3, 0.4) is 0 Å². The van der Waals surface area contributed by atoms with E-state index in [0.29, 0.717) is 17.2 Å². The van der Waals surface area contributed by atoms with Crippen LogP contribution in [-0.4, -0.2) is 98.0 Å². The van der Waals surface area contributed by atoms with E-state index in [2.05, 4.69) is 55.4 Å². The van der Waals surface area contributed by atoms with E-state index in [0.717, 1.165) is 0 Å². The third kappa shape index (κ3) is 9.69. The average Bonchev–Trinajstić information content (AvgIpc) is 3.18. The van der Waals surface area contributed by atoms with Crippen molar-refractivity contribution in [2.45, 2.75) is 30.5 Å². The fourth-order valence-electron chi connectivity index (χ4n) is 5.60. The highest BCUT2D eigenvalue weighted by atomic mass is 16.6. The molecule has 26 heteroatoms. The second-order valence-corrected chi connectivity index (χ2v) is 11.3. The number of piperidine rings is 1. The Hall–Kier alpha value is -7.31. The molecule has 2 aromatic rings. The third-order valence-electron chi connectivity index (χ3n) is 8.10. The highest BCUT2D eigenvalue weighted by Crippen LogP contribution is 2.37. The first-order valence-electron chi connectivity index (χ1n) is 15.6. The quantitative estimate of drug-likeness (QED) is 0.0431. The van der Waals surface area contributed by atoms with Crippen LogP contribution in [0.1, 0.15) is 23.2 Å². The molecule has 0 saturated carbocycles. The normalized spacial score (nSPS) is 15.9. The van der Waals surface area contributed by atoms with Gasteiger partial charge in [-0.25, -0.2) is 20.4 Å². The topological polar surface area (TPSA) is 374 Å². The summed E-state index contributed by atoms with van der Waals surface area (Å²) in [5, 5.41) is 21.3. The standard InChI is InChI=1S/C27H31N21O5/c28-41-34-8-11-52-25(50)17-2-1-3-19(12-17)48(33)22-5-4-20-23(40-22)47(21(13-35-42-29)24(49)39-20)18-6-9-46(10-7-18)26(51)53-27(14-36-43-30,15-37-44-31)16-38-45-32/h1-5,12,18,21H,6-11,13-16,33H2,(H,39,49)/t21-/m1/s1. The van der Waals surface area contributed by atoms with Crippen LogP contribution in [0.5, 0.6) is 0 Å². The first-order valence-corrected chi connectivity index (χ1v) is 15.6. The van der Waals surface area contributed by atoms with E-state index in [1.165, 1.54) is 22.0 Å². The van der Waals surface area contributed by atoms with E-state index in [4.69, 9.17) is 48.0 Å². The fourth-order valence-corrected chi connectivity index (χ4v) is 5.60. The number of hydrogen-bond donors (Lipinski definition) is 2. The number of benzene rings is 1. The first kappa shape index (κ1) is 38.5. The maximum Gasteiger partial charge on any atom is 0.410 e. The molecule has 2 amide bonds. The molecule has 2 aliphatic heterocycles. The van der Waals surface area contributed by atoms with Gasteiger partial charge in [0.05, 0.1) is 56.3 Å². The molecule has 1 fully saturated rings. The molecule has 26 nitrogen and oxygen atoms in total. The van der Waals surface area contributed by atoms with Crippen LogP contribution in [0.25, 0.3) is 52.2 Å². The number of ether oxygens (including phenoxy) is 2. The highest BCUT2D eigenvalue weighted by molar-refractivity contribution is 6.03. The minimum absolute atomic E-state index is 0.0296. The SMILES string of the molecule is [N-]=[N+]=NCCOC(=O)c1cccc(N(N)c2ccc3c(n2)N(C2CCN(C(=O)OC(CN=[N+]=[N-])(CN=[N+]=[N-])CN=[N+]=[N-])CC2)[C@H](CN=[N+]=[N-])C(=O)N3)c1. The number of nitrogens with zero attached hydrogens (tertiary/aromatic N) is 19. The molecule has 0 radical (unpaired) electrons. The Balaban J connectivity index is 1.58. The number of pyridine rings is 1. The van der Waals surface area contributed by atoms with Gasteiger partial charge in [0.1, 0.15) is 17.5 Å². The molecule has 1 aromatic carbocycles. The summed E-state index contributed by atoms with van der Waals surface area (Å²) in [6.45, 7) is -1.57. The number of esters is 1. The Morgan fingerprint density at radius 2 is 1.58 bits per heavy atom. The molecule has 274 valence electrons. The molecule has 1 atom stereocenters. The van der Waals surface area contributed by atoms with Crippen LogP contribution in [0.4, 0.5) is 27.8 Å². The molecule has 1 saturated heterocycles. The van der Waals surface area contributed by atoms with E-state index < -0.39 is 55.3 Å². The molecular formula is C27H31N21O5. The van der Waals surface area contributed by atoms with E-state index in [9.17, 15) is 14.4 Å². The van der Waals surface area contributed by atoms with Gasteiger partial charge in [0.15, 0.2) is 5.82 Å². The van der Waals surface area contributed by atoms with Crippen LogP contribution in [0.15, 0.2) is 62.0 Å². The van der Waals surface area contributed by atoms with Gasteiger partial charge in [-0.05, 0) is 70.8 Å². The van der Waals surface area contributed by atoms with Gasteiger partial charge in [-0.15, -0.1) is 0 Å². The van der Waals surface area contributed by atoms with Crippen molar-refractivity contribution in [1.82, 2.24) is 9.88 Å². The van der Waals surface area contributed by atoms with Crippen LogP contribution in [-0.2, 0) is 14.3 Å². The zero-order valence-electron chi connectivity index (χ0n) is 27.8. The second-order valence-electron chi connectivity index (χ2n) is 11.3. The minimum Gasteiger partial charge on any atom is -0.462 e. The summed E-state index contributed by atoms with van der Waals surface area (Å²) in [5.74, 6) is 5.89. The number of anilines is 4. The average molecular weight is 730 g/mol. The monoisotopic (exact) mass is 729 g/mol. The third-order valence-corrected chi connectivity index (χ3v) is 8.10. The molecule has 0 spiro atoms. The lowest BCUT2D eigenvalue weighted by Crippen LogP contribution is -2.58. The Kier molecular flexibility index (Phi) is 13.5. The van der Waals surface area contributed by atoms with Crippen LogP contribution < -0.4 is 21.1 Å². The lowest BCUT2D eigenvalue weighted by molar-refractivity contribution is -0.117. The molecule has 53 heavy (non-hydrogen) atoms.